The highest BCUT2D eigenvalue weighted by Crippen LogP contribution is 2.40. The van der Waals surface area contributed by atoms with Crippen molar-refractivity contribution in [3.8, 4) is 16.2 Å². The molecule has 1 unspecified atom stereocenters. The number of nitrogens with zero attached hydrogens (tertiary/aromatic N) is 1. The topological polar surface area (TPSA) is 70.7 Å². The third-order valence-corrected chi connectivity index (χ3v) is 9.10. The van der Waals surface area contributed by atoms with Crippen molar-refractivity contribution < 1.29 is 14.3 Å². The molecule has 3 aromatic rings. The molecular weight excluding hydrogens is 482 g/mol. The number of hydrogen-bond acceptors (Lipinski definition) is 5. The van der Waals surface area contributed by atoms with E-state index in [-0.39, 0.29) is 24.0 Å². The van der Waals surface area contributed by atoms with E-state index in [1.165, 1.54) is 9.75 Å². The van der Waals surface area contributed by atoms with Crippen molar-refractivity contribution in [1.82, 2.24) is 15.5 Å². The van der Waals surface area contributed by atoms with Crippen LogP contribution in [-0.4, -0.2) is 41.9 Å². The number of ether oxygens (including phenoxy) is 1. The number of piperidine rings is 1. The molecule has 2 N–H and O–H groups in total. The lowest BCUT2D eigenvalue weighted by Crippen LogP contribution is -2.50. The summed E-state index contributed by atoms with van der Waals surface area (Å²) in [4.78, 5) is 30.2. The van der Waals surface area contributed by atoms with Crippen LogP contribution in [0.25, 0.3) is 10.4 Å². The van der Waals surface area contributed by atoms with Gasteiger partial charge in [-0.05, 0) is 80.1 Å². The number of likely N-dealkylation sites (tertiary alicyclic amines) is 1. The molecule has 2 amide bonds. The van der Waals surface area contributed by atoms with E-state index in [4.69, 9.17) is 4.74 Å². The molecule has 3 atom stereocenters. The van der Waals surface area contributed by atoms with Crippen LogP contribution < -0.4 is 15.4 Å². The highest BCUT2D eigenvalue weighted by molar-refractivity contribution is 7.15. The Morgan fingerprint density at radius 2 is 2.03 bits per heavy atom. The van der Waals surface area contributed by atoms with Gasteiger partial charge in [0.15, 0.2) is 0 Å². The smallest absolute Gasteiger partial charge is 0.252 e. The van der Waals surface area contributed by atoms with Crippen molar-refractivity contribution in [2.24, 2.45) is 5.92 Å². The molecule has 2 aromatic carbocycles. The number of thiophene rings is 1. The van der Waals surface area contributed by atoms with Gasteiger partial charge in [-0.15, -0.1) is 11.3 Å². The fourth-order valence-electron chi connectivity index (χ4n) is 5.65. The summed E-state index contributed by atoms with van der Waals surface area (Å²) in [7, 11) is 0. The lowest BCUT2D eigenvalue weighted by molar-refractivity contribution is -0.134. The van der Waals surface area contributed by atoms with E-state index in [1.807, 2.05) is 38.1 Å². The average molecular weight is 516 g/mol. The van der Waals surface area contributed by atoms with Gasteiger partial charge in [0.25, 0.3) is 5.91 Å². The minimum atomic E-state index is -0.149. The summed E-state index contributed by atoms with van der Waals surface area (Å²) in [5.74, 6) is 1.23. The normalized spacial score (nSPS) is 21.7. The number of rotatable bonds is 8. The number of fused-ring (bicyclic) bond motifs is 2. The van der Waals surface area contributed by atoms with E-state index in [2.05, 4.69) is 45.9 Å². The van der Waals surface area contributed by atoms with Crippen LogP contribution in [-0.2, 0) is 11.3 Å². The van der Waals surface area contributed by atoms with Crippen LogP contribution in [0, 0.1) is 12.8 Å². The zero-order valence-corrected chi connectivity index (χ0v) is 22.1. The third-order valence-electron chi connectivity index (χ3n) is 7.99. The van der Waals surface area contributed by atoms with E-state index in [9.17, 15) is 9.59 Å². The molecule has 2 bridgehead atoms. The second-order valence-corrected chi connectivity index (χ2v) is 11.8. The van der Waals surface area contributed by atoms with E-state index >= 15 is 0 Å². The molecule has 1 aromatic heterocycles. The molecule has 3 fully saturated rings. The van der Waals surface area contributed by atoms with Gasteiger partial charge in [-0.1, -0.05) is 24.3 Å². The number of carbonyl (C=O) groups excluding carboxylic acids is 2. The van der Waals surface area contributed by atoms with Crippen LogP contribution in [0.2, 0.25) is 0 Å². The fraction of sp³-hybridized carbons (Fsp3) is 0.400. The van der Waals surface area contributed by atoms with Crippen molar-refractivity contribution >= 4 is 23.2 Å². The lowest BCUT2D eigenvalue weighted by atomic mass is 10.0. The van der Waals surface area contributed by atoms with Gasteiger partial charge in [-0.2, -0.15) is 0 Å². The van der Waals surface area contributed by atoms with Crippen LogP contribution in [0.3, 0.4) is 0 Å². The van der Waals surface area contributed by atoms with Gasteiger partial charge in [-0.3, -0.25) is 9.59 Å². The number of carbonyl (C=O) groups is 2. The molecule has 6 nitrogen and oxygen atoms in total. The number of nitrogens with one attached hydrogen (secondary N) is 2. The first-order valence-corrected chi connectivity index (χ1v) is 14.0. The molecule has 7 heteroatoms. The minimum Gasteiger partial charge on any atom is -0.488 e. The first-order valence-electron chi connectivity index (χ1n) is 13.2. The second kappa shape index (κ2) is 9.95. The maximum atomic E-state index is 13.2. The molecule has 1 aliphatic carbocycles. The van der Waals surface area contributed by atoms with Gasteiger partial charge in [0.1, 0.15) is 11.9 Å². The molecule has 2 aliphatic heterocycles. The van der Waals surface area contributed by atoms with Crippen LogP contribution in [0.1, 0.15) is 58.6 Å². The van der Waals surface area contributed by atoms with Crippen LogP contribution >= 0.6 is 11.3 Å². The Kier molecular flexibility index (Phi) is 6.51. The predicted molar refractivity (Wildman–Crippen MR) is 146 cm³/mol. The summed E-state index contributed by atoms with van der Waals surface area (Å²) in [5.41, 5.74) is 3.75. The molecular formula is C30H33N3O3S. The maximum absolute atomic E-state index is 13.2. The quantitative estimate of drug-likeness (QED) is 0.439. The Morgan fingerprint density at radius 3 is 2.78 bits per heavy atom. The Bertz CT molecular complexity index is 1330. The summed E-state index contributed by atoms with van der Waals surface area (Å²) < 4.78 is 5.95. The first-order chi connectivity index (χ1) is 17.9. The largest absolute Gasteiger partial charge is 0.488 e. The standard InChI is InChI=1S/C30H33N3O3S/c1-18-6-9-24(36-25-15-31-16-25)14-27(18)29(34)32-19(2)20-4-3-5-21(12-20)28-11-10-26(37-28)17-33-23-8-7-22(13-23)30(33)35/h3-6,9-12,14,19,22-23,25,31H,7-8,13,15-17H2,1-2H3,(H,32,34)/t19?,22-,23+/m1/s1. The zero-order valence-electron chi connectivity index (χ0n) is 21.3. The molecule has 2 saturated heterocycles. The fourth-order valence-corrected chi connectivity index (χ4v) is 6.65. The van der Waals surface area contributed by atoms with Crippen molar-refractivity contribution in [2.75, 3.05) is 13.1 Å². The van der Waals surface area contributed by atoms with E-state index in [1.54, 1.807) is 11.3 Å². The van der Waals surface area contributed by atoms with Gasteiger partial charge in [0.05, 0.1) is 12.6 Å². The van der Waals surface area contributed by atoms with E-state index in [0.29, 0.717) is 17.5 Å². The van der Waals surface area contributed by atoms with Gasteiger partial charge in [0, 0.05) is 40.4 Å². The summed E-state index contributed by atoms with van der Waals surface area (Å²) in [6, 6.07) is 18.6. The predicted octanol–water partition coefficient (Wildman–Crippen LogP) is 5.08. The van der Waals surface area contributed by atoms with Gasteiger partial charge in [-0.25, -0.2) is 0 Å². The first kappa shape index (κ1) is 24.2. The Balaban J connectivity index is 1.13. The Hall–Kier alpha value is -3.16. The minimum absolute atomic E-state index is 0.101. The van der Waals surface area contributed by atoms with Crippen molar-refractivity contribution in [2.45, 2.75) is 57.8 Å². The molecule has 0 spiro atoms. The van der Waals surface area contributed by atoms with Crippen molar-refractivity contribution in [1.29, 1.82) is 0 Å². The number of benzene rings is 2. The molecule has 37 heavy (non-hydrogen) atoms. The molecule has 3 aliphatic rings. The molecule has 0 radical (unpaired) electrons. The van der Waals surface area contributed by atoms with Gasteiger partial charge in [0.2, 0.25) is 5.91 Å². The average Bonchev–Trinajstić information content (AvgIpc) is 3.61. The summed E-state index contributed by atoms with van der Waals surface area (Å²) in [6.07, 6.45) is 3.42. The van der Waals surface area contributed by atoms with Crippen LogP contribution in [0.4, 0.5) is 0 Å². The molecule has 6 rings (SSSR count). The van der Waals surface area contributed by atoms with Crippen LogP contribution in [0.15, 0.2) is 54.6 Å². The third kappa shape index (κ3) is 4.90. The molecule has 192 valence electrons. The van der Waals surface area contributed by atoms with Gasteiger partial charge < -0.3 is 20.3 Å². The van der Waals surface area contributed by atoms with Crippen LogP contribution in [0.5, 0.6) is 5.75 Å². The SMILES string of the molecule is Cc1ccc(OC2CNC2)cc1C(=O)NC(C)c1cccc(-c2ccc(CN3C(=O)[C@@H]4CC[C@H]3C4)s2)c1. The number of amides is 2. The molecule has 1 saturated carbocycles. The summed E-state index contributed by atoms with van der Waals surface area (Å²) in [5, 5.41) is 6.36. The summed E-state index contributed by atoms with van der Waals surface area (Å²) in [6.45, 7) is 6.36. The highest BCUT2D eigenvalue weighted by Gasteiger charge is 2.44. The van der Waals surface area contributed by atoms with Crippen molar-refractivity contribution in [3.05, 3.63) is 76.2 Å². The molecule has 3 heterocycles. The Morgan fingerprint density at radius 1 is 1.16 bits per heavy atom. The lowest BCUT2D eigenvalue weighted by Gasteiger charge is -2.28. The zero-order chi connectivity index (χ0) is 25.5. The highest BCUT2D eigenvalue weighted by atomic mass is 32.1. The van der Waals surface area contributed by atoms with E-state index in [0.717, 1.165) is 61.3 Å². The van der Waals surface area contributed by atoms with Crippen molar-refractivity contribution in [3.63, 3.8) is 0 Å². The number of aryl methyl sites for hydroxylation is 1. The van der Waals surface area contributed by atoms with E-state index < -0.39 is 0 Å². The Labute approximate surface area is 222 Å². The van der Waals surface area contributed by atoms with Gasteiger partial charge >= 0.3 is 0 Å². The second-order valence-electron chi connectivity index (χ2n) is 10.6. The summed E-state index contributed by atoms with van der Waals surface area (Å²) >= 11 is 1.75. The number of hydrogen-bond donors (Lipinski definition) is 2. The maximum Gasteiger partial charge on any atom is 0.252 e. The monoisotopic (exact) mass is 515 g/mol.